The van der Waals surface area contributed by atoms with Gasteiger partial charge in [-0.1, -0.05) is 39.8 Å². The molecule has 0 fully saturated rings. The molecule has 3 aromatic rings. The number of carbonyl (C=O) groups excluding carboxylic acids is 1. The van der Waals surface area contributed by atoms with Crippen LogP contribution in [-0.2, 0) is 11.2 Å². The summed E-state index contributed by atoms with van der Waals surface area (Å²) in [6.07, 6.45) is 0.529. The second kappa shape index (κ2) is 9.25. The fraction of sp³-hybridized carbons (Fsp3) is 0.250. The van der Waals surface area contributed by atoms with Gasteiger partial charge in [0.25, 0.3) is 5.22 Å². The Morgan fingerprint density at radius 2 is 1.86 bits per heavy atom. The van der Waals surface area contributed by atoms with E-state index in [2.05, 4.69) is 31.4 Å². The quantitative estimate of drug-likeness (QED) is 0.510. The van der Waals surface area contributed by atoms with Crippen molar-refractivity contribution < 1.29 is 13.9 Å². The summed E-state index contributed by atoms with van der Waals surface area (Å²) < 4.78 is 11.8. The summed E-state index contributed by atoms with van der Waals surface area (Å²) in [6, 6.07) is 11.6. The Morgan fingerprint density at radius 3 is 2.50 bits per heavy atom. The molecule has 2 aromatic carbocycles. The average Bonchev–Trinajstić information content (AvgIpc) is 3.11. The van der Waals surface area contributed by atoms with Gasteiger partial charge in [-0.3, -0.25) is 4.79 Å². The summed E-state index contributed by atoms with van der Waals surface area (Å²) in [4.78, 5) is 12.3. The normalized spacial score (nSPS) is 10.7. The maximum atomic E-state index is 12.3. The van der Waals surface area contributed by atoms with E-state index in [0.717, 1.165) is 32.6 Å². The lowest BCUT2D eigenvalue weighted by atomic mass is 10.1. The minimum absolute atomic E-state index is 0.117. The number of aryl methyl sites for hydroxylation is 2. The molecule has 146 valence electrons. The number of ether oxygens (including phenoxy) is 1. The van der Waals surface area contributed by atoms with Gasteiger partial charge in [-0.25, -0.2) is 0 Å². The van der Waals surface area contributed by atoms with Gasteiger partial charge in [0.1, 0.15) is 5.75 Å². The van der Waals surface area contributed by atoms with Gasteiger partial charge in [0.2, 0.25) is 11.8 Å². The van der Waals surface area contributed by atoms with Gasteiger partial charge < -0.3 is 14.5 Å². The molecule has 6 nitrogen and oxygen atoms in total. The Bertz CT molecular complexity index is 950. The van der Waals surface area contributed by atoms with Crippen molar-refractivity contribution in [3.8, 4) is 5.75 Å². The van der Waals surface area contributed by atoms with Crippen molar-refractivity contribution >= 4 is 39.3 Å². The number of methoxy groups -OCH3 is 1. The molecule has 0 saturated carbocycles. The van der Waals surface area contributed by atoms with Crippen LogP contribution in [-0.4, -0.2) is 29.0 Å². The number of halogens is 1. The molecule has 0 aliphatic carbocycles. The SMILES string of the molecule is COc1ccc(Cc2nnc(SCC(=O)Nc3c(C)cc(Br)cc3C)o2)cc1. The topological polar surface area (TPSA) is 77.2 Å². The molecule has 0 spiro atoms. The molecule has 0 saturated heterocycles. The van der Waals surface area contributed by atoms with Crippen molar-refractivity contribution in [3.05, 3.63) is 63.5 Å². The molecule has 1 N–H and O–H groups in total. The first kappa shape index (κ1) is 20.4. The van der Waals surface area contributed by atoms with Crippen LogP contribution in [0.3, 0.4) is 0 Å². The fourth-order valence-corrected chi connectivity index (χ4v) is 3.96. The van der Waals surface area contributed by atoms with Gasteiger partial charge in [-0.15, -0.1) is 10.2 Å². The Hall–Kier alpha value is -2.32. The lowest BCUT2D eigenvalue weighted by Crippen LogP contribution is -2.15. The maximum absolute atomic E-state index is 12.3. The van der Waals surface area contributed by atoms with Gasteiger partial charge >= 0.3 is 0 Å². The highest BCUT2D eigenvalue weighted by molar-refractivity contribution is 9.10. The van der Waals surface area contributed by atoms with Crippen molar-refractivity contribution in [3.63, 3.8) is 0 Å². The largest absolute Gasteiger partial charge is 0.497 e. The van der Waals surface area contributed by atoms with Crippen molar-refractivity contribution in [2.75, 3.05) is 18.2 Å². The first-order chi connectivity index (χ1) is 13.4. The summed E-state index contributed by atoms with van der Waals surface area (Å²) in [5.41, 5.74) is 3.88. The number of rotatable bonds is 7. The molecular formula is C20H20BrN3O3S. The minimum atomic E-state index is -0.117. The number of aromatic nitrogens is 2. The molecule has 0 radical (unpaired) electrons. The first-order valence-corrected chi connectivity index (χ1v) is 10.4. The molecule has 1 amide bonds. The second-order valence-electron chi connectivity index (χ2n) is 6.24. The number of hydrogen-bond donors (Lipinski definition) is 1. The summed E-state index contributed by atoms with van der Waals surface area (Å²) in [5.74, 6) is 1.38. The number of hydrogen-bond acceptors (Lipinski definition) is 6. The minimum Gasteiger partial charge on any atom is -0.497 e. The van der Waals surface area contributed by atoms with Crippen LogP contribution in [0, 0.1) is 13.8 Å². The van der Waals surface area contributed by atoms with Gasteiger partial charge in [0.15, 0.2) is 0 Å². The van der Waals surface area contributed by atoms with Crippen LogP contribution in [0.5, 0.6) is 5.75 Å². The third kappa shape index (κ3) is 5.36. The molecule has 3 rings (SSSR count). The maximum Gasteiger partial charge on any atom is 0.277 e. The van der Waals surface area contributed by atoms with E-state index in [-0.39, 0.29) is 11.7 Å². The Balaban J connectivity index is 1.54. The third-order valence-corrected chi connectivity index (χ3v) is 5.33. The molecule has 0 bridgehead atoms. The van der Waals surface area contributed by atoms with E-state index in [1.165, 1.54) is 11.8 Å². The molecule has 0 unspecified atom stereocenters. The van der Waals surface area contributed by atoms with E-state index in [1.807, 2.05) is 50.2 Å². The zero-order chi connectivity index (χ0) is 20.1. The van der Waals surface area contributed by atoms with Crippen LogP contribution >= 0.6 is 27.7 Å². The third-order valence-electron chi connectivity index (χ3n) is 4.05. The molecule has 28 heavy (non-hydrogen) atoms. The Labute approximate surface area is 176 Å². The zero-order valence-corrected chi connectivity index (χ0v) is 18.2. The highest BCUT2D eigenvalue weighted by atomic mass is 79.9. The number of nitrogens with zero attached hydrogens (tertiary/aromatic N) is 2. The number of anilines is 1. The number of amides is 1. The van der Waals surface area contributed by atoms with Crippen LogP contribution in [0.1, 0.15) is 22.6 Å². The molecule has 1 heterocycles. The lowest BCUT2D eigenvalue weighted by molar-refractivity contribution is -0.113. The summed E-state index contributed by atoms with van der Waals surface area (Å²) in [6.45, 7) is 3.92. The molecule has 1 aromatic heterocycles. The predicted octanol–water partition coefficient (Wildman–Crippen LogP) is 4.78. The predicted molar refractivity (Wildman–Crippen MR) is 113 cm³/mol. The van der Waals surface area contributed by atoms with Gasteiger partial charge in [-0.2, -0.15) is 0 Å². The van der Waals surface area contributed by atoms with Crippen molar-refractivity contribution in [2.45, 2.75) is 25.5 Å². The lowest BCUT2D eigenvalue weighted by Gasteiger charge is -2.11. The standard InChI is InChI=1S/C20H20BrN3O3S/c1-12-8-15(21)9-13(2)19(12)22-17(25)11-28-20-24-23-18(27-20)10-14-4-6-16(26-3)7-5-14/h4-9H,10-11H2,1-3H3,(H,22,25). The highest BCUT2D eigenvalue weighted by Crippen LogP contribution is 2.26. The van der Waals surface area contributed by atoms with E-state index in [0.29, 0.717) is 17.5 Å². The summed E-state index contributed by atoms with van der Waals surface area (Å²) >= 11 is 4.68. The molecule has 8 heteroatoms. The highest BCUT2D eigenvalue weighted by Gasteiger charge is 2.12. The molecule has 0 aliphatic rings. The van der Waals surface area contributed by atoms with E-state index in [9.17, 15) is 4.79 Å². The Morgan fingerprint density at radius 1 is 1.18 bits per heavy atom. The van der Waals surface area contributed by atoms with Crippen LogP contribution in [0.15, 0.2) is 50.5 Å². The van der Waals surface area contributed by atoms with Crippen LogP contribution in [0.2, 0.25) is 0 Å². The van der Waals surface area contributed by atoms with Gasteiger partial charge in [0, 0.05) is 10.2 Å². The summed E-state index contributed by atoms with van der Waals surface area (Å²) in [5, 5.41) is 11.4. The number of nitrogens with one attached hydrogen (secondary N) is 1. The average molecular weight is 462 g/mol. The fourth-order valence-electron chi connectivity index (χ4n) is 2.70. The van der Waals surface area contributed by atoms with Crippen LogP contribution < -0.4 is 10.1 Å². The smallest absolute Gasteiger partial charge is 0.277 e. The zero-order valence-electron chi connectivity index (χ0n) is 15.8. The van der Waals surface area contributed by atoms with Crippen LogP contribution in [0.25, 0.3) is 0 Å². The number of carbonyl (C=O) groups is 1. The second-order valence-corrected chi connectivity index (χ2v) is 8.08. The number of benzene rings is 2. The van der Waals surface area contributed by atoms with Crippen molar-refractivity contribution in [1.29, 1.82) is 0 Å². The van der Waals surface area contributed by atoms with Crippen molar-refractivity contribution in [2.24, 2.45) is 0 Å². The van der Waals surface area contributed by atoms with Crippen LogP contribution in [0.4, 0.5) is 5.69 Å². The molecule has 0 atom stereocenters. The van der Waals surface area contributed by atoms with E-state index in [4.69, 9.17) is 9.15 Å². The van der Waals surface area contributed by atoms with E-state index < -0.39 is 0 Å². The van der Waals surface area contributed by atoms with E-state index >= 15 is 0 Å². The van der Waals surface area contributed by atoms with Crippen molar-refractivity contribution in [1.82, 2.24) is 10.2 Å². The summed E-state index contributed by atoms with van der Waals surface area (Å²) in [7, 11) is 1.63. The Kier molecular flexibility index (Phi) is 6.74. The first-order valence-electron chi connectivity index (χ1n) is 8.59. The molecular weight excluding hydrogens is 442 g/mol. The molecule has 0 aliphatic heterocycles. The van der Waals surface area contributed by atoms with Gasteiger partial charge in [-0.05, 0) is 54.8 Å². The number of thioether (sulfide) groups is 1. The monoisotopic (exact) mass is 461 g/mol. The van der Waals surface area contributed by atoms with Gasteiger partial charge in [0.05, 0.1) is 19.3 Å². The van der Waals surface area contributed by atoms with E-state index in [1.54, 1.807) is 7.11 Å².